The number of ketones is 1. The number of hydrogen-bond donors (Lipinski definition) is 1. The Kier molecular flexibility index (Phi) is 7.21. The minimum absolute atomic E-state index is 0.00159. The number of carbonyl (C=O) groups is 2. The van der Waals surface area contributed by atoms with E-state index in [1.165, 1.54) is 60.1 Å². The van der Waals surface area contributed by atoms with Gasteiger partial charge in [-0.2, -0.15) is 0 Å². The Hall–Kier alpha value is -4.09. The number of hydrogen-bond acceptors (Lipinski definition) is 10. The van der Waals surface area contributed by atoms with Gasteiger partial charge >= 0.3 is 0 Å². The minimum atomic E-state index is -0.997. The first-order chi connectivity index (χ1) is 18.4. The molecule has 2 aromatic heterocycles. The summed E-state index contributed by atoms with van der Waals surface area (Å²) in [7, 11) is 3.00. The number of aliphatic hydroxyl groups is 1. The Labute approximate surface area is 226 Å². The fraction of sp³-hybridized carbons (Fsp3) is 0.185. The number of thioether (sulfide) groups is 1. The van der Waals surface area contributed by atoms with Gasteiger partial charge in [-0.3, -0.25) is 14.5 Å². The van der Waals surface area contributed by atoms with Crippen molar-refractivity contribution in [1.82, 2.24) is 10.2 Å². The first-order valence-electron chi connectivity index (χ1n) is 11.5. The van der Waals surface area contributed by atoms with E-state index in [-0.39, 0.29) is 16.5 Å². The molecule has 0 saturated carbocycles. The van der Waals surface area contributed by atoms with E-state index in [1.54, 1.807) is 24.3 Å². The number of anilines is 1. The number of methoxy groups -OCH3 is 2. The SMILES string of the molecule is COc1ccc(C2C(C(=O)c3ccco3)=C(O)C(=O)N2c2nnc(SCc3ccc(C)cc3)s2)cc1OC. The summed E-state index contributed by atoms with van der Waals surface area (Å²) in [6, 6.07) is 15.3. The molecule has 38 heavy (non-hydrogen) atoms. The van der Waals surface area contributed by atoms with Crippen molar-refractivity contribution in [1.29, 1.82) is 0 Å². The van der Waals surface area contributed by atoms with E-state index in [9.17, 15) is 14.7 Å². The van der Waals surface area contributed by atoms with Crippen molar-refractivity contribution in [3.05, 3.63) is 94.6 Å². The molecule has 5 rings (SSSR count). The highest BCUT2D eigenvalue weighted by atomic mass is 32.2. The van der Waals surface area contributed by atoms with Crippen LogP contribution in [-0.4, -0.2) is 41.2 Å². The number of furan rings is 1. The lowest BCUT2D eigenvalue weighted by atomic mass is 9.95. The zero-order valence-corrected chi connectivity index (χ0v) is 22.3. The normalized spacial score (nSPS) is 15.3. The molecule has 1 unspecified atom stereocenters. The van der Waals surface area contributed by atoms with Crippen LogP contribution in [0.2, 0.25) is 0 Å². The summed E-state index contributed by atoms with van der Waals surface area (Å²) in [5, 5.41) is 19.7. The maximum Gasteiger partial charge on any atom is 0.296 e. The fourth-order valence-electron chi connectivity index (χ4n) is 4.10. The molecule has 9 nitrogen and oxygen atoms in total. The molecule has 194 valence electrons. The van der Waals surface area contributed by atoms with Gasteiger partial charge in [0, 0.05) is 5.75 Å². The summed E-state index contributed by atoms with van der Waals surface area (Å²) in [5.74, 6) is -0.487. The quantitative estimate of drug-likeness (QED) is 0.163. The number of benzene rings is 2. The number of aliphatic hydroxyl groups excluding tert-OH is 1. The van der Waals surface area contributed by atoms with E-state index in [4.69, 9.17) is 13.9 Å². The minimum Gasteiger partial charge on any atom is -0.503 e. The van der Waals surface area contributed by atoms with Crippen molar-refractivity contribution >= 4 is 39.9 Å². The second-order valence-corrected chi connectivity index (χ2v) is 10.6. The van der Waals surface area contributed by atoms with Gasteiger partial charge in [0.2, 0.25) is 10.9 Å². The number of Topliss-reactive ketones (excluding diaryl/α,β-unsaturated/α-hetero) is 1. The first kappa shape index (κ1) is 25.6. The van der Waals surface area contributed by atoms with Gasteiger partial charge in [0.05, 0.1) is 32.1 Å². The second kappa shape index (κ2) is 10.7. The fourth-order valence-corrected chi connectivity index (χ4v) is 5.92. The summed E-state index contributed by atoms with van der Waals surface area (Å²) in [6.45, 7) is 2.03. The number of nitrogens with zero attached hydrogens (tertiary/aromatic N) is 3. The predicted molar refractivity (Wildman–Crippen MR) is 143 cm³/mol. The maximum atomic E-state index is 13.4. The van der Waals surface area contributed by atoms with Gasteiger partial charge in [0.15, 0.2) is 27.4 Å². The first-order valence-corrected chi connectivity index (χ1v) is 13.3. The molecule has 1 N–H and O–H groups in total. The Balaban J connectivity index is 1.52. The zero-order valence-electron chi connectivity index (χ0n) is 20.7. The maximum absolute atomic E-state index is 13.4. The van der Waals surface area contributed by atoms with Gasteiger partial charge in [-0.1, -0.05) is 59.0 Å². The van der Waals surface area contributed by atoms with E-state index < -0.39 is 23.5 Å². The second-order valence-electron chi connectivity index (χ2n) is 8.39. The Morgan fingerprint density at radius 3 is 2.55 bits per heavy atom. The van der Waals surface area contributed by atoms with E-state index in [0.29, 0.717) is 27.2 Å². The van der Waals surface area contributed by atoms with Crippen LogP contribution in [0.1, 0.15) is 33.3 Å². The number of ether oxygens (including phenoxy) is 2. The van der Waals surface area contributed by atoms with Crippen LogP contribution < -0.4 is 14.4 Å². The van der Waals surface area contributed by atoms with Crippen molar-refractivity contribution in [2.45, 2.75) is 23.1 Å². The third kappa shape index (κ3) is 4.77. The van der Waals surface area contributed by atoms with Crippen LogP contribution in [0.15, 0.2) is 80.9 Å². The van der Waals surface area contributed by atoms with E-state index >= 15 is 0 Å². The Morgan fingerprint density at radius 2 is 1.87 bits per heavy atom. The summed E-state index contributed by atoms with van der Waals surface area (Å²) < 4.78 is 16.7. The Bertz CT molecular complexity index is 1510. The molecular weight excluding hydrogens is 526 g/mol. The third-order valence-corrected chi connectivity index (χ3v) is 8.13. The van der Waals surface area contributed by atoms with Gasteiger partial charge in [0.1, 0.15) is 0 Å². The topological polar surface area (TPSA) is 115 Å². The molecular formula is C27H23N3O6S2. The van der Waals surface area contributed by atoms with Gasteiger partial charge in [-0.05, 0) is 42.3 Å². The van der Waals surface area contributed by atoms with E-state index in [2.05, 4.69) is 22.3 Å². The highest BCUT2D eigenvalue weighted by Crippen LogP contribution is 2.45. The average molecular weight is 550 g/mol. The van der Waals surface area contributed by atoms with Crippen LogP contribution in [-0.2, 0) is 10.5 Å². The number of aryl methyl sites for hydroxylation is 1. The molecule has 2 aromatic carbocycles. The molecule has 0 fully saturated rings. The van der Waals surface area contributed by atoms with Gasteiger partial charge < -0.3 is 19.0 Å². The van der Waals surface area contributed by atoms with Crippen LogP contribution in [0, 0.1) is 6.92 Å². The highest BCUT2D eigenvalue weighted by molar-refractivity contribution is 8.00. The van der Waals surface area contributed by atoms with Crippen LogP contribution in [0.5, 0.6) is 11.5 Å². The molecule has 0 saturated heterocycles. The molecule has 0 aliphatic carbocycles. The largest absolute Gasteiger partial charge is 0.503 e. The van der Waals surface area contributed by atoms with Crippen molar-refractivity contribution in [2.24, 2.45) is 0 Å². The summed E-state index contributed by atoms with van der Waals surface area (Å²) in [4.78, 5) is 28.1. The molecule has 11 heteroatoms. The lowest BCUT2D eigenvalue weighted by Gasteiger charge is -2.24. The van der Waals surface area contributed by atoms with Crippen molar-refractivity contribution in [2.75, 3.05) is 19.1 Å². The summed E-state index contributed by atoms with van der Waals surface area (Å²) in [5.41, 5.74) is 2.70. The molecule has 1 aliphatic heterocycles. The average Bonchev–Trinajstić information content (AvgIpc) is 3.68. The predicted octanol–water partition coefficient (Wildman–Crippen LogP) is 5.53. The van der Waals surface area contributed by atoms with E-state index in [1.807, 2.05) is 19.1 Å². The van der Waals surface area contributed by atoms with Gasteiger partial charge in [-0.15, -0.1) is 10.2 Å². The van der Waals surface area contributed by atoms with Crippen LogP contribution in [0.3, 0.4) is 0 Å². The lowest BCUT2D eigenvalue weighted by molar-refractivity contribution is -0.117. The number of carbonyl (C=O) groups excluding carboxylic acids is 2. The number of rotatable bonds is 9. The molecule has 1 aliphatic rings. The molecule has 4 aromatic rings. The van der Waals surface area contributed by atoms with Gasteiger partial charge in [-0.25, -0.2) is 0 Å². The van der Waals surface area contributed by atoms with Crippen LogP contribution in [0.25, 0.3) is 0 Å². The number of aromatic nitrogens is 2. The molecule has 1 amide bonds. The monoisotopic (exact) mass is 549 g/mol. The summed E-state index contributed by atoms with van der Waals surface area (Å²) >= 11 is 2.69. The van der Waals surface area contributed by atoms with Crippen molar-refractivity contribution in [3.8, 4) is 11.5 Å². The van der Waals surface area contributed by atoms with Crippen molar-refractivity contribution in [3.63, 3.8) is 0 Å². The van der Waals surface area contributed by atoms with Crippen LogP contribution >= 0.6 is 23.1 Å². The smallest absolute Gasteiger partial charge is 0.296 e. The van der Waals surface area contributed by atoms with Crippen molar-refractivity contribution < 1.29 is 28.6 Å². The summed E-state index contributed by atoms with van der Waals surface area (Å²) in [6.07, 6.45) is 1.35. The molecule has 0 bridgehead atoms. The highest BCUT2D eigenvalue weighted by Gasteiger charge is 2.47. The third-order valence-electron chi connectivity index (χ3n) is 6.01. The molecule has 3 heterocycles. The van der Waals surface area contributed by atoms with Crippen LogP contribution in [0.4, 0.5) is 5.13 Å². The molecule has 0 radical (unpaired) electrons. The van der Waals surface area contributed by atoms with E-state index in [0.717, 1.165) is 5.56 Å². The Morgan fingerprint density at radius 1 is 1.11 bits per heavy atom. The standard InChI is InChI=1S/C27H23N3O6S2/c1-15-6-8-16(9-7-15)14-37-27-29-28-26(38-27)30-22(17-10-11-18(34-2)20(13-17)35-3)21(24(32)25(30)33)23(31)19-5-4-12-36-19/h4-13,22,32H,14H2,1-3H3. The van der Waals surface area contributed by atoms with Gasteiger partial charge in [0.25, 0.3) is 5.91 Å². The molecule has 1 atom stereocenters. The lowest BCUT2D eigenvalue weighted by Crippen LogP contribution is -2.31. The number of amides is 1. The zero-order chi connectivity index (χ0) is 26.8. The molecule has 0 spiro atoms.